The quantitative estimate of drug-likeness (QED) is 0.574. The summed E-state index contributed by atoms with van der Waals surface area (Å²) in [4.78, 5) is 1.92. The summed E-state index contributed by atoms with van der Waals surface area (Å²) in [5, 5.41) is 0. The average molecular weight is 114 g/mol. The first-order valence-corrected chi connectivity index (χ1v) is 2.73. The molecule has 0 heterocycles. The molecule has 0 rings (SSSR count). The molecule has 0 spiro atoms. The van der Waals surface area contributed by atoms with Crippen molar-refractivity contribution in [1.29, 1.82) is 0 Å². The van der Waals surface area contributed by atoms with Crippen LogP contribution in [-0.4, -0.2) is 18.0 Å². The molecule has 0 aromatic heterocycles. The summed E-state index contributed by atoms with van der Waals surface area (Å²) in [7, 11) is 1.92. The Balaban J connectivity index is 3.64. The second kappa shape index (κ2) is 2.60. The van der Waals surface area contributed by atoms with E-state index >= 15 is 0 Å². The van der Waals surface area contributed by atoms with Gasteiger partial charge in [0.1, 0.15) is 0 Å². The van der Waals surface area contributed by atoms with Crippen LogP contribution < -0.4 is 5.73 Å². The van der Waals surface area contributed by atoms with Gasteiger partial charge < -0.3 is 10.6 Å². The highest BCUT2D eigenvalue weighted by molar-refractivity contribution is 4.85. The number of nitrogens with zero attached hydrogens (tertiary/aromatic N) is 1. The lowest BCUT2D eigenvalue weighted by molar-refractivity contribution is 0.342. The summed E-state index contributed by atoms with van der Waals surface area (Å²) < 4.78 is 0. The minimum Gasteiger partial charge on any atom is -0.386 e. The Morgan fingerprint density at radius 1 is 1.62 bits per heavy atom. The van der Waals surface area contributed by atoms with E-state index in [9.17, 15) is 0 Å². The van der Waals surface area contributed by atoms with Crippen molar-refractivity contribution in [2.24, 2.45) is 5.73 Å². The van der Waals surface area contributed by atoms with Crippen LogP contribution in [0, 0.1) is 0 Å². The maximum atomic E-state index is 5.37. The van der Waals surface area contributed by atoms with Crippen LogP contribution in [0.3, 0.4) is 0 Å². The first-order valence-electron chi connectivity index (χ1n) is 2.73. The summed E-state index contributed by atoms with van der Waals surface area (Å²) in [6.07, 6.45) is 0. The van der Waals surface area contributed by atoms with Crippen molar-refractivity contribution < 1.29 is 0 Å². The average Bonchev–Trinajstić information content (AvgIpc) is 1.64. The van der Waals surface area contributed by atoms with E-state index in [1.807, 2.05) is 11.9 Å². The van der Waals surface area contributed by atoms with Gasteiger partial charge in [0.25, 0.3) is 0 Å². The predicted molar refractivity (Wildman–Crippen MR) is 36.2 cm³/mol. The van der Waals surface area contributed by atoms with E-state index < -0.39 is 0 Å². The molecule has 0 aliphatic rings. The number of hydrogen-bond acceptors (Lipinski definition) is 2. The molecular weight excluding hydrogens is 100 g/mol. The molecule has 0 atom stereocenters. The molecule has 0 aromatic rings. The van der Waals surface area contributed by atoms with E-state index in [0.717, 1.165) is 0 Å². The Bertz CT molecular complexity index is 86.5. The zero-order valence-electron chi connectivity index (χ0n) is 5.81. The minimum absolute atomic E-state index is 0.451. The third-order valence-electron chi connectivity index (χ3n) is 1.23. The van der Waals surface area contributed by atoms with Gasteiger partial charge in [-0.3, -0.25) is 0 Å². The lowest BCUT2D eigenvalue weighted by Crippen LogP contribution is -2.28. The SMILES string of the molecule is C=C(N)N(C)C(C)C. The van der Waals surface area contributed by atoms with Crippen LogP contribution in [-0.2, 0) is 0 Å². The van der Waals surface area contributed by atoms with Gasteiger partial charge >= 0.3 is 0 Å². The zero-order valence-corrected chi connectivity index (χ0v) is 5.81. The number of rotatable bonds is 2. The Hall–Kier alpha value is -0.660. The van der Waals surface area contributed by atoms with E-state index in [2.05, 4.69) is 20.4 Å². The van der Waals surface area contributed by atoms with Gasteiger partial charge in [-0.25, -0.2) is 0 Å². The first kappa shape index (κ1) is 7.34. The van der Waals surface area contributed by atoms with Crippen molar-refractivity contribution in [1.82, 2.24) is 4.90 Å². The molecule has 0 unspecified atom stereocenters. The van der Waals surface area contributed by atoms with Gasteiger partial charge in [-0.05, 0) is 13.8 Å². The van der Waals surface area contributed by atoms with Gasteiger partial charge in [-0.1, -0.05) is 6.58 Å². The minimum atomic E-state index is 0.451. The molecule has 0 radical (unpaired) electrons. The molecule has 0 aliphatic heterocycles. The fraction of sp³-hybridized carbons (Fsp3) is 0.667. The van der Waals surface area contributed by atoms with Gasteiger partial charge in [0, 0.05) is 13.1 Å². The Kier molecular flexibility index (Phi) is 2.38. The standard InChI is InChI=1S/C6H14N2/c1-5(2)8(4)6(3)7/h5H,3,7H2,1-2,4H3. The summed E-state index contributed by atoms with van der Waals surface area (Å²) in [5.74, 6) is 0.625. The van der Waals surface area contributed by atoms with Crippen molar-refractivity contribution in [2.45, 2.75) is 19.9 Å². The van der Waals surface area contributed by atoms with Crippen LogP contribution >= 0.6 is 0 Å². The fourth-order valence-corrected chi connectivity index (χ4v) is 0.332. The summed E-state index contributed by atoms with van der Waals surface area (Å²) in [5.41, 5.74) is 5.37. The molecule has 0 aliphatic carbocycles. The highest BCUT2D eigenvalue weighted by Gasteiger charge is 1.99. The molecule has 0 saturated carbocycles. The molecule has 0 amide bonds. The predicted octanol–water partition coefficient (Wildman–Crippen LogP) is 0.756. The molecular formula is C6H14N2. The molecule has 0 saturated heterocycles. The van der Waals surface area contributed by atoms with E-state index in [4.69, 9.17) is 5.73 Å². The molecule has 0 fully saturated rings. The third-order valence-corrected chi connectivity index (χ3v) is 1.23. The Morgan fingerprint density at radius 3 is 2.00 bits per heavy atom. The van der Waals surface area contributed by atoms with Crippen molar-refractivity contribution >= 4 is 0 Å². The van der Waals surface area contributed by atoms with Crippen LogP contribution in [0.4, 0.5) is 0 Å². The first-order chi connectivity index (χ1) is 3.55. The summed E-state index contributed by atoms with van der Waals surface area (Å²) in [6, 6.07) is 0.451. The van der Waals surface area contributed by atoms with E-state index in [0.29, 0.717) is 11.9 Å². The van der Waals surface area contributed by atoms with Crippen molar-refractivity contribution in [2.75, 3.05) is 7.05 Å². The van der Waals surface area contributed by atoms with E-state index in [-0.39, 0.29) is 0 Å². The summed E-state index contributed by atoms with van der Waals surface area (Å²) in [6.45, 7) is 7.72. The molecule has 48 valence electrons. The van der Waals surface area contributed by atoms with Crippen molar-refractivity contribution in [3.05, 3.63) is 12.4 Å². The van der Waals surface area contributed by atoms with Crippen molar-refractivity contribution in [3.8, 4) is 0 Å². The highest BCUT2D eigenvalue weighted by Crippen LogP contribution is 1.95. The molecule has 2 nitrogen and oxygen atoms in total. The van der Waals surface area contributed by atoms with Gasteiger partial charge in [0.15, 0.2) is 0 Å². The van der Waals surface area contributed by atoms with Crippen LogP contribution in [0.5, 0.6) is 0 Å². The van der Waals surface area contributed by atoms with E-state index in [1.165, 1.54) is 0 Å². The maximum Gasteiger partial charge on any atom is 0.0911 e. The van der Waals surface area contributed by atoms with Gasteiger partial charge in [0.05, 0.1) is 5.82 Å². The smallest absolute Gasteiger partial charge is 0.0911 e. The third kappa shape index (κ3) is 1.87. The maximum absolute atomic E-state index is 5.37. The Morgan fingerprint density at radius 2 is 2.00 bits per heavy atom. The number of hydrogen-bond donors (Lipinski definition) is 1. The van der Waals surface area contributed by atoms with E-state index in [1.54, 1.807) is 0 Å². The lowest BCUT2D eigenvalue weighted by Gasteiger charge is -2.22. The molecule has 8 heavy (non-hydrogen) atoms. The van der Waals surface area contributed by atoms with Crippen LogP contribution in [0.25, 0.3) is 0 Å². The molecule has 0 bridgehead atoms. The second-order valence-electron chi connectivity index (χ2n) is 2.20. The van der Waals surface area contributed by atoms with Crippen LogP contribution in [0.15, 0.2) is 12.4 Å². The topological polar surface area (TPSA) is 29.3 Å². The van der Waals surface area contributed by atoms with Gasteiger partial charge in [-0.2, -0.15) is 0 Å². The monoisotopic (exact) mass is 114 g/mol. The second-order valence-corrected chi connectivity index (χ2v) is 2.20. The Labute approximate surface area is 51.0 Å². The largest absolute Gasteiger partial charge is 0.386 e. The molecule has 2 heteroatoms. The fourth-order valence-electron chi connectivity index (χ4n) is 0.332. The normalized spacial score (nSPS) is 9.50. The van der Waals surface area contributed by atoms with Crippen LogP contribution in [0.2, 0.25) is 0 Å². The van der Waals surface area contributed by atoms with Gasteiger partial charge in [0.2, 0.25) is 0 Å². The van der Waals surface area contributed by atoms with Crippen molar-refractivity contribution in [3.63, 3.8) is 0 Å². The lowest BCUT2D eigenvalue weighted by atomic mass is 10.3. The van der Waals surface area contributed by atoms with Gasteiger partial charge in [-0.15, -0.1) is 0 Å². The zero-order chi connectivity index (χ0) is 6.73. The highest BCUT2D eigenvalue weighted by atomic mass is 15.2. The molecule has 2 N–H and O–H groups in total. The summed E-state index contributed by atoms with van der Waals surface area (Å²) >= 11 is 0. The molecule has 0 aromatic carbocycles. The number of nitrogens with two attached hydrogens (primary N) is 1. The van der Waals surface area contributed by atoms with Crippen LogP contribution in [0.1, 0.15) is 13.8 Å².